The predicted octanol–water partition coefficient (Wildman–Crippen LogP) is 3.95. The summed E-state index contributed by atoms with van der Waals surface area (Å²) in [5, 5.41) is 0.629. The number of fused-ring (bicyclic) bond motifs is 1. The molecule has 0 N–H and O–H groups in total. The van der Waals surface area contributed by atoms with Gasteiger partial charge in [-0.25, -0.2) is 9.97 Å². The van der Waals surface area contributed by atoms with Gasteiger partial charge in [-0.3, -0.25) is 4.79 Å². The lowest BCUT2D eigenvalue weighted by atomic mass is 9.92. The number of carbonyl (C=O) groups is 1. The number of aromatic nitrogens is 2. The minimum absolute atomic E-state index is 0.0891. The van der Waals surface area contributed by atoms with Crippen LogP contribution in [0.25, 0.3) is 5.57 Å². The van der Waals surface area contributed by atoms with Crippen molar-refractivity contribution in [1.82, 2.24) is 14.9 Å². The van der Waals surface area contributed by atoms with Crippen LogP contribution in [0.3, 0.4) is 0 Å². The van der Waals surface area contributed by atoms with Crippen LogP contribution in [0.5, 0.6) is 5.75 Å². The first-order valence-corrected chi connectivity index (χ1v) is 10.4. The Morgan fingerprint density at radius 1 is 1.22 bits per heavy atom. The minimum Gasteiger partial charge on any atom is -0.491 e. The Balaban J connectivity index is 1.46. The van der Waals surface area contributed by atoms with Crippen LogP contribution in [0.4, 0.5) is 0 Å². The highest BCUT2D eigenvalue weighted by molar-refractivity contribution is 7.99. The van der Waals surface area contributed by atoms with Crippen LogP contribution in [0, 0.1) is 0 Å². The Labute approximate surface area is 163 Å². The van der Waals surface area contributed by atoms with Crippen LogP contribution < -0.4 is 4.74 Å². The third-order valence-corrected chi connectivity index (χ3v) is 5.78. The van der Waals surface area contributed by atoms with Crippen LogP contribution in [-0.2, 0) is 11.3 Å². The molecule has 0 atom stereocenters. The maximum Gasteiger partial charge on any atom is 0.233 e. The van der Waals surface area contributed by atoms with Crippen molar-refractivity contribution in [3.63, 3.8) is 0 Å². The molecule has 140 valence electrons. The van der Waals surface area contributed by atoms with Gasteiger partial charge in [-0.05, 0) is 55.0 Å². The van der Waals surface area contributed by atoms with Crippen molar-refractivity contribution < 1.29 is 9.53 Å². The molecule has 0 bridgehead atoms. The smallest absolute Gasteiger partial charge is 0.233 e. The van der Waals surface area contributed by atoms with Crippen molar-refractivity contribution in [2.75, 3.05) is 18.9 Å². The molecular formula is C21H23N3O2S. The van der Waals surface area contributed by atoms with E-state index in [9.17, 15) is 4.79 Å². The lowest BCUT2D eigenvalue weighted by Crippen LogP contribution is -2.33. The topological polar surface area (TPSA) is 55.3 Å². The van der Waals surface area contributed by atoms with Gasteiger partial charge in [0.15, 0.2) is 5.16 Å². The highest BCUT2D eigenvalue weighted by Crippen LogP contribution is 2.31. The lowest BCUT2D eigenvalue weighted by molar-refractivity contribution is -0.129. The van der Waals surface area contributed by atoms with Gasteiger partial charge < -0.3 is 9.64 Å². The van der Waals surface area contributed by atoms with Gasteiger partial charge in [0.05, 0.1) is 12.3 Å². The first-order valence-electron chi connectivity index (χ1n) is 9.42. The molecule has 2 aliphatic rings. The average molecular weight is 382 g/mol. The van der Waals surface area contributed by atoms with Gasteiger partial charge in [0, 0.05) is 24.5 Å². The van der Waals surface area contributed by atoms with Gasteiger partial charge in [0.25, 0.3) is 0 Å². The molecule has 0 spiro atoms. The number of benzene rings is 1. The second kappa shape index (κ2) is 8.57. The Kier molecular flexibility index (Phi) is 5.72. The molecule has 27 heavy (non-hydrogen) atoms. The van der Waals surface area contributed by atoms with Crippen molar-refractivity contribution >= 4 is 23.2 Å². The van der Waals surface area contributed by atoms with Crippen molar-refractivity contribution in [1.29, 1.82) is 0 Å². The van der Waals surface area contributed by atoms with E-state index >= 15 is 0 Å². The van der Waals surface area contributed by atoms with Gasteiger partial charge in [0.2, 0.25) is 5.91 Å². The number of allylic oxidation sites excluding steroid dienone is 2. The summed E-state index contributed by atoms with van der Waals surface area (Å²) in [6.07, 6.45) is 10.6. The molecule has 2 aromatic rings. The fourth-order valence-corrected chi connectivity index (χ4v) is 4.19. The molecule has 0 unspecified atom stereocenters. The minimum atomic E-state index is 0.0891. The van der Waals surface area contributed by atoms with Crippen molar-refractivity contribution in [2.45, 2.75) is 37.4 Å². The molecule has 1 aromatic carbocycles. The normalized spacial score (nSPS) is 16.7. The zero-order valence-electron chi connectivity index (χ0n) is 15.3. The quantitative estimate of drug-likeness (QED) is 0.593. The van der Waals surface area contributed by atoms with E-state index in [-0.39, 0.29) is 5.91 Å². The standard InChI is InChI=1S/C21H23N3O2S/c25-20(15-27-21-22-9-4-10-23-21)24-11-12-26-19-8-7-17(13-18(19)14-24)16-5-2-1-3-6-16/h4-5,7-10,13H,1-3,6,11-12,14-15H2. The molecular weight excluding hydrogens is 358 g/mol. The van der Waals surface area contributed by atoms with Crippen molar-refractivity contribution in [3.05, 3.63) is 53.9 Å². The summed E-state index contributed by atoms with van der Waals surface area (Å²) in [4.78, 5) is 22.9. The van der Waals surface area contributed by atoms with Gasteiger partial charge in [-0.1, -0.05) is 23.9 Å². The molecule has 0 radical (unpaired) electrons. The highest BCUT2D eigenvalue weighted by atomic mass is 32.2. The van der Waals surface area contributed by atoms with E-state index in [0.717, 1.165) is 24.2 Å². The number of hydrogen-bond acceptors (Lipinski definition) is 5. The maximum atomic E-state index is 12.7. The van der Waals surface area contributed by atoms with E-state index < -0.39 is 0 Å². The molecule has 1 aromatic heterocycles. The van der Waals surface area contributed by atoms with E-state index in [2.05, 4.69) is 34.2 Å². The van der Waals surface area contributed by atoms with Crippen molar-refractivity contribution in [3.8, 4) is 5.75 Å². The molecule has 1 aliphatic carbocycles. The van der Waals surface area contributed by atoms with Crippen LogP contribution >= 0.6 is 11.8 Å². The molecule has 2 heterocycles. The van der Waals surface area contributed by atoms with E-state index in [1.54, 1.807) is 18.5 Å². The average Bonchev–Trinajstić information content (AvgIpc) is 2.95. The number of rotatable bonds is 4. The van der Waals surface area contributed by atoms with E-state index in [1.807, 2.05) is 4.90 Å². The molecule has 1 aliphatic heterocycles. The summed E-state index contributed by atoms with van der Waals surface area (Å²) in [5.74, 6) is 1.32. The lowest BCUT2D eigenvalue weighted by Gasteiger charge is -2.20. The van der Waals surface area contributed by atoms with Crippen LogP contribution in [0.15, 0.2) is 47.9 Å². The fraction of sp³-hybridized carbons (Fsp3) is 0.381. The van der Waals surface area contributed by atoms with Gasteiger partial charge in [-0.2, -0.15) is 0 Å². The number of ether oxygens (including phenoxy) is 1. The number of thioether (sulfide) groups is 1. The number of amides is 1. The molecule has 4 rings (SSSR count). The maximum absolute atomic E-state index is 12.7. The summed E-state index contributed by atoms with van der Waals surface area (Å²) in [5.41, 5.74) is 3.77. The van der Waals surface area contributed by atoms with Crippen LogP contribution in [0.2, 0.25) is 0 Å². The number of carbonyl (C=O) groups excluding carboxylic acids is 1. The second-order valence-corrected chi connectivity index (χ2v) is 7.72. The summed E-state index contributed by atoms with van der Waals surface area (Å²) < 4.78 is 5.89. The third kappa shape index (κ3) is 4.50. The predicted molar refractivity (Wildman–Crippen MR) is 107 cm³/mol. The first kappa shape index (κ1) is 18.0. The summed E-state index contributed by atoms with van der Waals surface area (Å²) in [6.45, 7) is 1.71. The Morgan fingerprint density at radius 3 is 2.93 bits per heavy atom. The zero-order chi connectivity index (χ0) is 18.5. The Morgan fingerprint density at radius 2 is 2.11 bits per heavy atom. The summed E-state index contributed by atoms with van der Waals surface area (Å²) >= 11 is 1.37. The zero-order valence-corrected chi connectivity index (χ0v) is 16.1. The molecule has 1 amide bonds. The molecule has 0 fully saturated rings. The highest BCUT2D eigenvalue weighted by Gasteiger charge is 2.21. The monoisotopic (exact) mass is 381 g/mol. The first-order chi connectivity index (χ1) is 13.3. The largest absolute Gasteiger partial charge is 0.491 e. The SMILES string of the molecule is O=C(CSc1ncccn1)N1CCOc2ccc(C3=CCCCC3)cc2C1. The number of nitrogens with zero attached hydrogens (tertiary/aromatic N) is 3. The van der Waals surface area contributed by atoms with E-state index in [1.165, 1.54) is 35.7 Å². The van der Waals surface area contributed by atoms with E-state index in [4.69, 9.17) is 4.74 Å². The summed E-state index contributed by atoms with van der Waals surface area (Å²) in [6, 6.07) is 8.18. The van der Waals surface area contributed by atoms with Gasteiger partial charge >= 0.3 is 0 Å². The molecule has 0 saturated heterocycles. The van der Waals surface area contributed by atoms with Gasteiger partial charge in [-0.15, -0.1) is 0 Å². The van der Waals surface area contributed by atoms with Gasteiger partial charge in [0.1, 0.15) is 12.4 Å². The van der Waals surface area contributed by atoms with E-state index in [0.29, 0.717) is 30.6 Å². The molecule has 0 saturated carbocycles. The number of hydrogen-bond donors (Lipinski definition) is 0. The second-order valence-electron chi connectivity index (χ2n) is 6.78. The fourth-order valence-electron chi connectivity index (χ4n) is 3.48. The Hall–Kier alpha value is -2.34. The Bertz CT molecular complexity index is 839. The third-order valence-electron chi connectivity index (χ3n) is 4.92. The molecule has 5 nitrogen and oxygen atoms in total. The van der Waals surface area contributed by atoms with Crippen LogP contribution in [0.1, 0.15) is 36.8 Å². The molecule has 6 heteroatoms. The van der Waals surface area contributed by atoms with Crippen molar-refractivity contribution in [2.24, 2.45) is 0 Å². The summed E-state index contributed by atoms with van der Waals surface area (Å²) in [7, 11) is 0. The van der Waals surface area contributed by atoms with Crippen LogP contribution in [-0.4, -0.2) is 39.7 Å².